The Balaban J connectivity index is 1.34. The SMILES string of the molecule is CN1CCC(c2ccc(Nc3ncc4c(n3)N(c3cccc(N=S(C)(C)=O)n3)[C@@H]3CC(C)(C)OC[C@]43C)cc2)CC1. The fraction of sp³-hybridized carbons (Fsp3) is 0.516. The van der Waals surface area contributed by atoms with E-state index in [1.807, 2.05) is 18.3 Å². The zero-order valence-electron chi connectivity index (χ0n) is 24.9. The third-order valence-electron chi connectivity index (χ3n) is 8.74. The number of fused-ring (bicyclic) bond motifs is 3. The van der Waals surface area contributed by atoms with Crippen molar-refractivity contribution < 1.29 is 8.95 Å². The number of benzene rings is 1. The van der Waals surface area contributed by atoms with Gasteiger partial charge < -0.3 is 19.9 Å². The summed E-state index contributed by atoms with van der Waals surface area (Å²) in [6.07, 6.45) is 8.37. The highest BCUT2D eigenvalue weighted by Crippen LogP contribution is 2.53. The number of piperidine rings is 1. The molecule has 3 aliphatic rings. The van der Waals surface area contributed by atoms with Gasteiger partial charge in [0.25, 0.3) is 0 Å². The molecule has 3 aromatic rings. The molecule has 1 aromatic carbocycles. The van der Waals surface area contributed by atoms with E-state index < -0.39 is 9.73 Å². The van der Waals surface area contributed by atoms with Crippen LogP contribution in [0.4, 0.5) is 29.1 Å². The van der Waals surface area contributed by atoms with Crippen LogP contribution in [0, 0.1) is 0 Å². The van der Waals surface area contributed by atoms with Gasteiger partial charge in [-0.2, -0.15) is 9.35 Å². The van der Waals surface area contributed by atoms with Crippen LogP contribution < -0.4 is 10.2 Å². The molecular formula is C31H41N7O2S. The Morgan fingerprint density at radius 3 is 2.49 bits per heavy atom. The maximum Gasteiger partial charge on any atom is 0.229 e. The first kappa shape index (κ1) is 28.1. The molecule has 10 heteroatoms. The molecule has 2 aromatic heterocycles. The monoisotopic (exact) mass is 575 g/mol. The van der Waals surface area contributed by atoms with E-state index in [4.69, 9.17) is 19.7 Å². The van der Waals surface area contributed by atoms with Gasteiger partial charge in [0, 0.05) is 45.1 Å². The van der Waals surface area contributed by atoms with Crippen molar-refractivity contribution in [3.63, 3.8) is 0 Å². The predicted molar refractivity (Wildman–Crippen MR) is 165 cm³/mol. The average molecular weight is 576 g/mol. The van der Waals surface area contributed by atoms with Gasteiger partial charge in [0.15, 0.2) is 5.82 Å². The van der Waals surface area contributed by atoms with Gasteiger partial charge in [-0.25, -0.2) is 14.2 Å². The number of ether oxygens (including phenoxy) is 1. The molecule has 218 valence electrons. The van der Waals surface area contributed by atoms with Gasteiger partial charge in [0.05, 0.1) is 18.2 Å². The van der Waals surface area contributed by atoms with Gasteiger partial charge in [0.2, 0.25) is 5.95 Å². The van der Waals surface area contributed by atoms with Crippen molar-refractivity contribution in [2.45, 2.75) is 63.0 Å². The number of rotatable bonds is 5. The van der Waals surface area contributed by atoms with E-state index in [2.05, 4.69) is 71.6 Å². The smallest absolute Gasteiger partial charge is 0.229 e. The maximum absolute atomic E-state index is 12.4. The lowest BCUT2D eigenvalue weighted by molar-refractivity contribution is -0.0893. The minimum Gasteiger partial charge on any atom is -0.374 e. The van der Waals surface area contributed by atoms with Crippen LogP contribution in [-0.2, 0) is 19.9 Å². The van der Waals surface area contributed by atoms with Gasteiger partial charge in [-0.1, -0.05) is 25.1 Å². The molecule has 2 saturated heterocycles. The van der Waals surface area contributed by atoms with E-state index >= 15 is 0 Å². The van der Waals surface area contributed by atoms with E-state index in [0.717, 1.165) is 42.4 Å². The highest BCUT2D eigenvalue weighted by molar-refractivity contribution is 7.92. The number of likely N-dealkylation sites (tertiary alicyclic amines) is 1. The standard InChI is InChI=1S/C31H41N7O2S/c1-30(2)18-25-31(3,20-40-30)24-19-32-29(33-23-12-10-21(11-13-23)22-14-16-37(4)17-15-22)35-28(24)38(25)27-9-7-8-26(34-27)36-41(5,6)39/h7-13,19,22,25H,14-18,20H2,1-6H3,(H,32,33,35)/t25-,31-/m1/s1. The van der Waals surface area contributed by atoms with Crippen molar-refractivity contribution >= 4 is 38.8 Å². The topological polar surface area (TPSA) is 95.8 Å². The zero-order chi connectivity index (χ0) is 29.0. The number of aromatic nitrogens is 3. The van der Waals surface area contributed by atoms with Crippen LogP contribution in [-0.4, -0.2) is 75.0 Å². The van der Waals surface area contributed by atoms with Crippen molar-refractivity contribution in [3.8, 4) is 0 Å². The largest absolute Gasteiger partial charge is 0.374 e. The minimum atomic E-state index is -2.35. The van der Waals surface area contributed by atoms with Crippen LogP contribution in [0.5, 0.6) is 0 Å². The first-order valence-electron chi connectivity index (χ1n) is 14.4. The van der Waals surface area contributed by atoms with Gasteiger partial charge in [-0.15, -0.1) is 0 Å². The summed E-state index contributed by atoms with van der Waals surface area (Å²) >= 11 is 0. The van der Waals surface area contributed by atoms with Crippen LogP contribution in [0.25, 0.3) is 0 Å². The predicted octanol–water partition coefficient (Wildman–Crippen LogP) is 5.76. The van der Waals surface area contributed by atoms with Crippen LogP contribution in [0.3, 0.4) is 0 Å². The first-order chi connectivity index (χ1) is 19.4. The Kier molecular flexibility index (Phi) is 7.07. The van der Waals surface area contributed by atoms with Crippen LogP contribution in [0.2, 0.25) is 0 Å². The lowest BCUT2D eigenvalue weighted by atomic mass is 9.73. The second-order valence-corrected chi connectivity index (χ2v) is 15.5. The van der Waals surface area contributed by atoms with Crippen LogP contribution in [0.1, 0.15) is 57.1 Å². The molecule has 1 N–H and O–H groups in total. The average Bonchev–Trinajstić information content (AvgIpc) is 3.15. The van der Waals surface area contributed by atoms with Gasteiger partial charge in [-0.3, -0.25) is 0 Å². The summed E-state index contributed by atoms with van der Waals surface area (Å²) in [4.78, 5) is 19.3. The lowest BCUT2D eigenvalue weighted by Crippen LogP contribution is -2.54. The fourth-order valence-corrected chi connectivity index (χ4v) is 6.94. The molecule has 2 fully saturated rings. The number of anilines is 4. The Labute approximate surface area is 243 Å². The van der Waals surface area contributed by atoms with E-state index in [9.17, 15) is 4.21 Å². The molecule has 0 unspecified atom stereocenters. The molecule has 3 aliphatic heterocycles. The Morgan fingerprint density at radius 2 is 1.78 bits per heavy atom. The summed E-state index contributed by atoms with van der Waals surface area (Å²) in [7, 11) is -0.155. The second-order valence-electron chi connectivity index (χ2n) is 12.9. The van der Waals surface area contributed by atoms with Crippen molar-refractivity contribution in [2.24, 2.45) is 4.36 Å². The molecule has 0 bridgehead atoms. The van der Waals surface area contributed by atoms with E-state index in [0.29, 0.717) is 24.3 Å². The Morgan fingerprint density at radius 1 is 1.05 bits per heavy atom. The highest BCUT2D eigenvalue weighted by Gasteiger charge is 2.55. The molecule has 0 aliphatic carbocycles. The van der Waals surface area contributed by atoms with Gasteiger partial charge in [-0.05, 0) is 89.0 Å². The zero-order valence-corrected chi connectivity index (χ0v) is 25.7. The molecular weight excluding hydrogens is 534 g/mol. The number of hydrogen-bond donors (Lipinski definition) is 1. The summed E-state index contributed by atoms with van der Waals surface area (Å²) in [5.74, 6) is 3.15. The second kappa shape index (κ2) is 10.3. The number of nitrogens with one attached hydrogen (secondary N) is 1. The van der Waals surface area contributed by atoms with E-state index in [-0.39, 0.29) is 17.1 Å². The maximum atomic E-state index is 12.4. The number of nitrogens with zero attached hydrogens (tertiary/aromatic N) is 6. The summed E-state index contributed by atoms with van der Waals surface area (Å²) in [5, 5.41) is 3.43. The summed E-state index contributed by atoms with van der Waals surface area (Å²) in [5.41, 5.74) is 2.79. The number of hydrogen-bond acceptors (Lipinski definition) is 9. The van der Waals surface area contributed by atoms with Crippen molar-refractivity contribution in [2.75, 3.05) is 49.5 Å². The third kappa shape index (κ3) is 5.69. The van der Waals surface area contributed by atoms with E-state index in [1.165, 1.54) is 18.4 Å². The minimum absolute atomic E-state index is 0.0648. The summed E-state index contributed by atoms with van der Waals surface area (Å²) < 4.78 is 23.1. The molecule has 41 heavy (non-hydrogen) atoms. The lowest BCUT2D eigenvalue weighted by Gasteiger charge is -2.46. The molecule has 6 rings (SSSR count). The highest BCUT2D eigenvalue weighted by atomic mass is 32.2. The van der Waals surface area contributed by atoms with Crippen LogP contribution >= 0.6 is 0 Å². The van der Waals surface area contributed by atoms with Crippen LogP contribution in [0.15, 0.2) is 53.0 Å². The van der Waals surface area contributed by atoms with Gasteiger partial charge >= 0.3 is 0 Å². The summed E-state index contributed by atoms with van der Waals surface area (Å²) in [6.45, 7) is 9.34. The molecule has 0 amide bonds. The third-order valence-corrected chi connectivity index (χ3v) is 9.37. The quantitative estimate of drug-likeness (QED) is 0.410. The molecule has 5 heterocycles. The molecule has 0 saturated carbocycles. The Bertz CT molecular complexity index is 1550. The molecule has 0 radical (unpaired) electrons. The fourth-order valence-electron chi connectivity index (χ4n) is 6.39. The molecule has 2 atom stereocenters. The van der Waals surface area contributed by atoms with Gasteiger partial charge in [0.1, 0.15) is 11.6 Å². The first-order valence-corrected chi connectivity index (χ1v) is 16.7. The van der Waals surface area contributed by atoms with E-state index in [1.54, 1.807) is 18.6 Å². The van der Waals surface area contributed by atoms with Crippen molar-refractivity contribution in [1.29, 1.82) is 0 Å². The molecule has 0 spiro atoms. The summed E-state index contributed by atoms with van der Waals surface area (Å²) in [6, 6.07) is 14.5. The molecule has 9 nitrogen and oxygen atoms in total. The Hall–Kier alpha value is -3.08. The normalized spacial score (nSPS) is 24.5. The van der Waals surface area contributed by atoms with Crippen molar-refractivity contribution in [3.05, 3.63) is 59.8 Å². The van der Waals surface area contributed by atoms with Crippen molar-refractivity contribution in [1.82, 2.24) is 19.9 Å². The number of pyridine rings is 1.